The number of benzene rings is 7. The average Bonchev–Trinajstić information content (AvgIpc) is 3.80. The molecule has 5 heteroatoms. The molecule has 47 heavy (non-hydrogen) atoms. The van der Waals surface area contributed by atoms with Gasteiger partial charge in [-0.25, -0.2) is 4.98 Å². The smallest absolute Gasteiger partial charge is 0.238 e. The number of hydrogen-bond donors (Lipinski definition) is 0. The third kappa shape index (κ3) is 3.32. The van der Waals surface area contributed by atoms with Crippen molar-refractivity contribution < 1.29 is 8.83 Å². The highest BCUT2D eigenvalue weighted by atomic mass is 16.3. The summed E-state index contributed by atoms with van der Waals surface area (Å²) < 4.78 is 15.0. The Hall–Kier alpha value is -6.46. The maximum Gasteiger partial charge on any atom is 0.238 e. The van der Waals surface area contributed by atoms with E-state index in [2.05, 4.69) is 102 Å². The van der Waals surface area contributed by atoms with Crippen LogP contribution in [0.5, 0.6) is 0 Å². The Kier molecular flexibility index (Phi) is 4.78. The van der Waals surface area contributed by atoms with Crippen LogP contribution in [-0.4, -0.2) is 14.5 Å². The van der Waals surface area contributed by atoms with Crippen LogP contribution in [0.2, 0.25) is 0 Å². The Morgan fingerprint density at radius 3 is 1.64 bits per heavy atom. The number of nitrogens with zero attached hydrogens (tertiary/aromatic N) is 3. The van der Waals surface area contributed by atoms with Crippen molar-refractivity contribution in [2.24, 2.45) is 0 Å². The van der Waals surface area contributed by atoms with Crippen molar-refractivity contribution in [1.82, 2.24) is 14.5 Å². The fourth-order valence-electron chi connectivity index (χ4n) is 7.64. The predicted molar refractivity (Wildman–Crippen MR) is 191 cm³/mol. The van der Waals surface area contributed by atoms with Crippen LogP contribution in [0.1, 0.15) is 0 Å². The number of fused-ring (bicyclic) bond motifs is 13. The van der Waals surface area contributed by atoms with Crippen LogP contribution in [0.15, 0.2) is 148 Å². The third-order valence-electron chi connectivity index (χ3n) is 9.63. The maximum atomic E-state index is 6.51. The zero-order chi connectivity index (χ0) is 30.6. The maximum absolute atomic E-state index is 6.51. The minimum Gasteiger partial charge on any atom is -0.456 e. The minimum absolute atomic E-state index is 0.549. The standard InChI is InChI=1S/C42H23N3O2/c1-3-12-26-24(10-1)20-22-31-37(26)38-27-13-4-2-11-25(27)21-23-32(38)45(31)42-43-40(39-29-15-6-8-18-34(29)47-41(39)44-42)30-16-9-19-35-36(30)28-14-5-7-17-33(28)46-35/h1-23H. The highest BCUT2D eigenvalue weighted by Crippen LogP contribution is 2.44. The SMILES string of the molecule is c1ccc2c(c1)ccc1c2c2c3ccccc3ccc2n1-c1nc(-c2cccc3oc4ccccc4c23)c2c(n1)oc1ccccc12. The summed E-state index contributed by atoms with van der Waals surface area (Å²) in [6.45, 7) is 0. The van der Waals surface area contributed by atoms with Crippen molar-refractivity contribution in [3.8, 4) is 17.2 Å². The van der Waals surface area contributed by atoms with E-state index in [0.717, 1.165) is 60.6 Å². The van der Waals surface area contributed by atoms with Crippen LogP contribution >= 0.6 is 0 Å². The van der Waals surface area contributed by atoms with Crippen molar-refractivity contribution in [1.29, 1.82) is 0 Å². The average molecular weight is 602 g/mol. The van der Waals surface area contributed by atoms with Gasteiger partial charge in [0.1, 0.15) is 16.7 Å². The van der Waals surface area contributed by atoms with Gasteiger partial charge in [0.2, 0.25) is 11.7 Å². The Bertz CT molecular complexity index is 3000. The Morgan fingerprint density at radius 2 is 0.957 bits per heavy atom. The van der Waals surface area contributed by atoms with Crippen molar-refractivity contribution in [2.45, 2.75) is 0 Å². The van der Waals surface area contributed by atoms with Gasteiger partial charge in [-0.3, -0.25) is 4.57 Å². The lowest BCUT2D eigenvalue weighted by atomic mass is 10.00. The van der Waals surface area contributed by atoms with Gasteiger partial charge in [-0.15, -0.1) is 0 Å². The molecule has 0 aliphatic carbocycles. The first kappa shape index (κ1) is 24.8. The predicted octanol–water partition coefficient (Wildman–Crippen LogP) is 11.3. The molecule has 0 spiro atoms. The highest BCUT2D eigenvalue weighted by Gasteiger charge is 2.24. The fraction of sp³-hybridized carbons (Fsp3) is 0. The van der Waals surface area contributed by atoms with E-state index in [0.29, 0.717) is 11.7 Å². The van der Waals surface area contributed by atoms with Crippen LogP contribution in [0.25, 0.3) is 105 Å². The van der Waals surface area contributed by atoms with E-state index in [1.54, 1.807) is 0 Å². The Morgan fingerprint density at radius 1 is 0.404 bits per heavy atom. The third-order valence-corrected chi connectivity index (χ3v) is 9.63. The van der Waals surface area contributed by atoms with E-state index >= 15 is 0 Å². The first-order chi connectivity index (χ1) is 23.3. The zero-order valence-electron chi connectivity index (χ0n) is 24.9. The van der Waals surface area contributed by atoms with Gasteiger partial charge in [-0.05, 0) is 51.9 Å². The van der Waals surface area contributed by atoms with Gasteiger partial charge in [-0.2, -0.15) is 4.98 Å². The molecule has 4 heterocycles. The molecule has 0 aliphatic rings. The van der Waals surface area contributed by atoms with E-state index in [9.17, 15) is 0 Å². The molecule has 7 aromatic carbocycles. The first-order valence-electron chi connectivity index (χ1n) is 15.8. The number of para-hydroxylation sites is 2. The van der Waals surface area contributed by atoms with Crippen LogP contribution in [-0.2, 0) is 0 Å². The summed E-state index contributed by atoms with van der Waals surface area (Å²) in [7, 11) is 0. The minimum atomic E-state index is 0.549. The summed E-state index contributed by atoms with van der Waals surface area (Å²) in [5, 5.41) is 11.1. The molecular formula is C42H23N3O2. The second kappa shape index (κ2) is 9.05. The summed E-state index contributed by atoms with van der Waals surface area (Å²) in [6.07, 6.45) is 0. The Labute approximate surface area is 266 Å². The quantitative estimate of drug-likeness (QED) is 0.198. The molecular weight excluding hydrogens is 578 g/mol. The number of hydrogen-bond acceptors (Lipinski definition) is 4. The molecule has 218 valence electrons. The lowest BCUT2D eigenvalue weighted by molar-refractivity contribution is 0.651. The molecule has 0 N–H and O–H groups in total. The van der Waals surface area contributed by atoms with Crippen molar-refractivity contribution >= 4 is 87.4 Å². The second-order valence-corrected chi connectivity index (χ2v) is 12.1. The van der Waals surface area contributed by atoms with Crippen LogP contribution < -0.4 is 0 Å². The largest absolute Gasteiger partial charge is 0.456 e. The summed E-state index contributed by atoms with van der Waals surface area (Å²) in [5.74, 6) is 0.557. The van der Waals surface area contributed by atoms with Crippen molar-refractivity contribution in [2.75, 3.05) is 0 Å². The number of rotatable bonds is 2. The Balaban J connectivity index is 1.34. The number of furan rings is 2. The van der Waals surface area contributed by atoms with E-state index in [-0.39, 0.29) is 0 Å². The lowest BCUT2D eigenvalue weighted by Crippen LogP contribution is -2.03. The van der Waals surface area contributed by atoms with Crippen molar-refractivity contribution in [3.05, 3.63) is 140 Å². The first-order valence-corrected chi connectivity index (χ1v) is 15.8. The molecule has 0 unspecified atom stereocenters. The van der Waals surface area contributed by atoms with Crippen molar-refractivity contribution in [3.63, 3.8) is 0 Å². The summed E-state index contributed by atoms with van der Waals surface area (Å²) >= 11 is 0. The van der Waals surface area contributed by atoms with E-state index in [1.807, 2.05) is 42.5 Å². The van der Waals surface area contributed by atoms with E-state index in [1.165, 1.54) is 32.3 Å². The van der Waals surface area contributed by atoms with Gasteiger partial charge in [0, 0.05) is 32.5 Å². The molecule has 0 saturated heterocycles. The molecule has 5 nitrogen and oxygen atoms in total. The van der Waals surface area contributed by atoms with Gasteiger partial charge in [0.25, 0.3) is 0 Å². The van der Waals surface area contributed by atoms with Gasteiger partial charge in [-0.1, -0.05) is 109 Å². The second-order valence-electron chi connectivity index (χ2n) is 12.1. The van der Waals surface area contributed by atoms with Gasteiger partial charge in [0.15, 0.2) is 0 Å². The van der Waals surface area contributed by atoms with Crippen LogP contribution in [0.4, 0.5) is 0 Å². The van der Waals surface area contributed by atoms with Gasteiger partial charge >= 0.3 is 0 Å². The van der Waals surface area contributed by atoms with Gasteiger partial charge < -0.3 is 8.83 Å². The molecule has 0 saturated carbocycles. The molecule has 11 rings (SSSR count). The normalized spacial score (nSPS) is 12.3. The monoisotopic (exact) mass is 601 g/mol. The zero-order valence-corrected chi connectivity index (χ0v) is 24.9. The van der Waals surface area contributed by atoms with Gasteiger partial charge in [0.05, 0.1) is 22.1 Å². The summed E-state index contributed by atoms with van der Waals surface area (Å²) in [6, 6.07) is 48.4. The molecule has 0 bridgehead atoms. The topological polar surface area (TPSA) is 57.0 Å². The number of aromatic nitrogens is 3. The van der Waals surface area contributed by atoms with E-state index < -0.39 is 0 Å². The molecule has 0 fully saturated rings. The summed E-state index contributed by atoms with van der Waals surface area (Å²) in [5.41, 5.74) is 6.87. The molecule has 0 amide bonds. The fourth-order valence-corrected chi connectivity index (χ4v) is 7.64. The molecule has 0 radical (unpaired) electrons. The summed E-state index contributed by atoms with van der Waals surface area (Å²) in [4.78, 5) is 10.7. The van der Waals surface area contributed by atoms with Crippen LogP contribution in [0, 0.1) is 0 Å². The molecule has 4 aromatic heterocycles. The highest BCUT2D eigenvalue weighted by molar-refractivity contribution is 6.28. The van der Waals surface area contributed by atoms with E-state index in [4.69, 9.17) is 18.8 Å². The molecule has 0 aliphatic heterocycles. The lowest BCUT2D eigenvalue weighted by Gasteiger charge is -2.11. The molecule has 11 aromatic rings. The van der Waals surface area contributed by atoms with Crippen LogP contribution in [0.3, 0.4) is 0 Å². The molecule has 0 atom stereocenters.